The number of hydrogen-bond acceptors (Lipinski definition) is 1. The van der Waals surface area contributed by atoms with E-state index in [1.54, 1.807) is 0 Å². The van der Waals surface area contributed by atoms with E-state index in [-0.39, 0.29) is 12.0 Å². The van der Waals surface area contributed by atoms with Gasteiger partial charge in [0.25, 0.3) is 0 Å². The first-order chi connectivity index (χ1) is 8.02. The normalized spacial score (nSPS) is 11.8. The predicted octanol–water partition coefficient (Wildman–Crippen LogP) is 3.84. The first kappa shape index (κ1) is 14.1. The van der Waals surface area contributed by atoms with E-state index in [0.717, 1.165) is 12.8 Å². The third-order valence-corrected chi connectivity index (χ3v) is 3.00. The van der Waals surface area contributed by atoms with Gasteiger partial charge in [0.1, 0.15) is 11.6 Å². The van der Waals surface area contributed by atoms with Crippen molar-refractivity contribution < 1.29 is 13.9 Å². The number of benzene rings is 1. The first-order valence-corrected chi connectivity index (χ1v) is 6.17. The molecule has 1 rings (SSSR count). The summed E-state index contributed by atoms with van der Waals surface area (Å²) in [6.45, 7) is 3.91. The lowest BCUT2D eigenvalue weighted by atomic mass is 9.86. The van der Waals surface area contributed by atoms with E-state index in [1.807, 2.05) is 13.8 Å². The van der Waals surface area contributed by atoms with Crippen molar-refractivity contribution >= 4 is 0 Å². The molecule has 0 aliphatic carbocycles. The van der Waals surface area contributed by atoms with Crippen LogP contribution in [0.3, 0.4) is 0 Å². The Hall–Kier alpha value is -0.960. The fourth-order valence-electron chi connectivity index (χ4n) is 2.26. The van der Waals surface area contributed by atoms with Crippen LogP contribution in [0.15, 0.2) is 18.2 Å². The van der Waals surface area contributed by atoms with Crippen LogP contribution in [-0.4, -0.2) is 10.7 Å². The molecule has 1 aromatic rings. The molecule has 17 heavy (non-hydrogen) atoms. The van der Waals surface area contributed by atoms with E-state index in [1.165, 1.54) is 18.2 Å². The van der Waals surface area contributed by atoms with Crippen LogP contribution in [0.25, 0.3) is 0 Å². The number of rotatable bonds is 6. The Balaban J connectivity index is 2.93. The van der Waals surface area contributed by atoms with Gasteiger partial charge in [0.2, 0.25) is 0 Å². The van der Waals surface area contributed by atoms with Gasteiger partial charge in [-0.2, -0.15) is 0 Å². The zero-order chi connectivity index (χ0) is 12.9. The molecule has 0 unspecified atom stereocenters. The van der Waals surface area contributed by atoms with E-state index in [0.29, 0.717) is 12.8 Å². The van der Waals surface area contributed by atoms with Gasteiger partial charge in [0, 0.05) is 12.0 Å². The van der Waals surface area contributed by atoms with Crippen LogP contribution in [0, 0.1) is 11.6 Å². The van der Waals surface area contributed by atoms with E-state index in [2.05, 4.69) is 0 Å². The van der Waals surface area contributed by atoms with Crippen LogP contribution in [0.1, 0.15) is 45.1 Å². The summed E-state index contributed by atoms with van der Waals surface area (Å²) in [6, 6.07) is 3.81. The van der Waals surface area contributed by atoms with Gasteiger partial charge in [-0.05, 0) is 25.0 Å². The SMILES string of the molecule is CCCC(O)(CCC)Cc1c(F)cccc1F. The predicted molar refractivity (Wildman–Crippen MR) is 64.8 cm³/mol. The van der Waals surface area contributed by atoms with Crippen molar-refractivity contribution in [2.45, 2.75) is 51.6 Å². The standard InChI is InChI=1S/C14H20F2O/c1-3-8-14(17,9-4-2)10-11-12(15)6-5-7-13(11)16/h5-7,17H,3-4,8-10H2,1-2H3. The molecule has 96 valence electrons. The summed E-state index contributed by atoms with van der Waals surface area (Å²) in [5.74, 6) is -1.15. The van der Waals surface area contributed by atoms with Gasteiger partial charge in [0.15, 0.2) is 0 Å². The minimum absolute atomic E-state index is 0.00287. The van der Waals surface area contributed by atoms with Crippen LogP contribution in [0.5, 0.6) is 0 Å². The van der Waals surface area contributed by atoms with Crippen LogP contribution in [-0.2, 0) is 6.42 Å². The Labute approximate surface area is 101 Å². The van der Waals surface area contributed by atoms with E-state index < -0.39 is 17.2 Å². The Bertz CT molecular complexity index is 337. The minimum Gasteiger partial charge on any atom is -0.390 e. The third kappa shape index (κ3) is 3.77. The van der Waals surface area contributed by atoms with Crippen molar-refractivity contribution in [2.24, 2.45) is 0 Å². The lowest BCUT2D eigenvalue weighted by Crippen LogP contribution is -2.32. The number of hydrogen-bond donors (Lipinski definition) is 1. The molecule has 0 fully saturated rings. The summed E-state index contributed by atoms with van der Waals surface area (Å²) in [5.41, 5.74) is -0.996. The Morgan fingerprint density at radius 1 is 1.06 bits per heavy atom. The van der Waals surface area contributed by atoms with E-state index in [9.17, 15) is 13.9 Å². The smallest absolute Gasteiger partial charge is 0.129 e. The zero-order valence-electron chi connectivity index (χ0n) is 10.5. The van der Waals surface area contributed by atoms with E-state index in [4.69, 9.17) is 0 Å². The number of halogens is 2. The second-order valence-corrected chi connectivity index (χ2v) is 4.60. The molecular formula is C14H20F2O. The highest BCUT2D eigenvalue weighted by atomic mass is 19.1. The van der Waals surface area contributed by atoms with Crippen LogP contribution in [0.4, 0.5) is 8.78 Å². The molecule has 0 amide bonds. The van der Waals surface area contributed by atoms with Crippen molar-refractivity contribution in [1.29, 1.82) is 0 Å². The third-order valence-electron chi connectivity index (χ3n) is 3.00. The molecule has 0 spiro atoms. The summed E-state index contributed by atoms with van der Waals surface area (Å²) in [4.78, 5) is 0. The average Bonchev–Trinajstić information content (AvgIpc) is 2.24. The Morgan fingerprint density at radius 3 is 1.94 bits per heavy atom. The Morgan fingerprint density at radius 2 is 1.53 bits per heavy atom. The molecule has 1 N–H and O–H groups in total. The van der Waals surface area contributed by atoms with Crippen molar-refractivity contribution in [3.8, 4) is 0 Å². The van der Waals surface area contributed by atoms with Crippen molar-refractivity contribution in [2.75, 3.05) is 0 Å². The highest BCUT2D eigenvalue weighted by molar-refractivity contribution is 5.21. The highest BCUT2D eigenvalue weighted by Crippen LogP contribution is 2.27. The molecular weight excluding hydrogens is 222 g/mol. The van der Waals surface area contributed by atoms with Crippen molar-refractivity contribution in [3.63, 3.8) is 0 Å². The lowest BCUT2D eigenvalue weighted by molar-refractivity contribution is 0.0200. The maximum absolute atomic E-state index is 13.5. The first-order valence-electron chi connectivity index (χ1n) is 6.17. The van der Waals surface area contributed by atoms with Gasteiger partial charge in [-0.1, -0.05) is 32.8 Å². The van der Waals surface area contributed by atoms with Gasteiger partial charge in [-0.3, -0.25) is 0 Å². The fourth-order valence-corrected chi connectivity index (χ4v) is 2.26. The molecule has 0 saturated carbocycles. The summed E-state index contributed by atoms with van der Waals surface area (Å²) in [7, 11) is 0. The second-order valence-electron chi connectivity index (χ2n) is 4.60. The largest absolute Gasteiger partial charge is 0.390 e. The molecule has 1 aromatic carbocycles. The maximum atomic E-state index is 13.5. The topological polar surface area (TPSA) is 20.2 Å². The molecule has 3 heteroatoms. The lowest BCUT2D eigenvalue weighted by Gasteiger charge is -2.28. The van der Waals surface area contributed by atoms with Crippen LogP contribution < -0.4 is 0 Å². The van der Waals surface area contributed by atoms with Crippen molar-refractivity contribution in [3.05, 3.63) is 35.4 Å². The van der Waals surface area contributed by atoms with E-state index >= 15 is 0 Å². The molecule has 0 atom stereocenters. The molecule has 0 heterocycles. The molecule has 0 aliphatic rings. The zero-order valence-corrected chi connectivity index (χ0v) is 10.5. The van der Waals surface area contributed by atoms with Gasteiger partial charge >= 0.3 is 0 Å². The van der Waals surface area contributed by atoms with Crippen LogP contribution >= 0.6 is 0 Å². The quantitative estimate of drug-likeness (QED) is 0.803. The van der Waals surface area contributed by atoms with Gasteiger partial charge in [0.05, 0.1) is 5.60 Å². The summed E-state index contributed by atoms with van der Waals surface area (Å²) in [6.07, 6.45) is 2.77. The summed E-state index contributed by atoms with van der Waals surface area (Å²) < 4.78 is 27.0. The van der Waals surface area contributed by atoms with Gasteiger partial charge < -0.3 is 5.11 Å². The number of aliphatic hydroxyl groups is 1. The van der Waals surface area contributed by atoms with Crippen molar-refractivity contribution in [1.82, 2.24) is 0 Å². The molecule has 0 saturated heterocycles. The summed E-state index contributed by atoms with van der Waals surface area (Å²) in [5, 5.41) is 10.4. The average molecular weight is 242 g/mol. The maximum Gasteiger partial charge on any atom is 0.129 e. The summed E-state index contributed by atoms with van der Waals surface area (Å²) >= 11 is 0. The minimum atomic E-state index is -0.994. The van der Waals surface area contributed by atoms with Crippen LogP contribution in [0.2, 0.25) is 0 Å². The molecule has 0 bridgehead atoms. The van der Waals surface area contributed by atoms with Gasteiger partial charge in [-0.15, -0.1) is 0 Å². The second kappa shape index (κ2) is 6.10. The van der Waals surface area contributed by atoms with Gasteiger partial charge in [-0.25, -0.2) is 8.78 Å². The molecule has 1 nitrogen and oxygen atoms in total. The Kier molecular flexibility index (Phi) is 5.06. The molecule has 0 radical (unpaired) electrons. The molecule has 0 aromatic heterocycles. The monoisotopic (exact) mass is 242 g/mol. The fraction of sp³-hybridized carbons (Fsp3) is 0.571. The highest BCUT2D eigenvalue weighted by Gasteiger charge is 2.27. The molecule has 0 aliphatic heterocycles.